The first-order chi connectivity index (χ1) is 10.4. The Kier molecular flexibility index (Phi) is 2.86. The predicted octanol–water partition coefficient (Wildman–Crippen LogP) is 3.62. The predicted molar refractivity (Wildman–Crippen MR) is 81.7 cm³/mol. The number of furan rings is 1. The second-order valence-electron chi connectivity index (χ2n) is 4.37. The number of rotatable bonds is 3. The highest BCUT2D eigenvalue weighted by molar-refractivity contribution is 7.17. The van der Waals surface area contributed by atoms with E-state index in [4.69, 9.17) is 4.42 Å². The van der Waals surface area contributed by atoms with Crippen LogP contribution in [0, 0.1) is 0 Å². The molecule has 0 saturated heterocycles. The fourth-order valence-electron chi connectivity index (χ4n) is 2.01. The molecule has 102 valence electrons. The van der Waals surface area contributed by atoms with Crippen molar-refractivity contribution in [2.75, 3.05) is 0 Å². The standard InChI is InChI=1S/C15H10N4OS/c1-2-5-11(6-3-1)14-16-17-15-19(14)18-13(21-15)9-8-12-7-4-10-20-12/h1-10H. The smallest absolute Gasteiger partial charge is 0.235 e. The molecule has 4 rings (SSSR count). The number of nitrogens with zero attached hydrogens (tertiary/aromatic N) is 4. The van der Waals surface area contributed by atoms with Gasteiger partial charge in [0.05, 0.1) is 6.26 Å². The van der Waals surface area contributed by atoms with Crippen molar-refractivity contribution < 1.29 is 4.42 Å². The molecule has 0 radical (unpaired) electrons. The summed E-state index contributed by atoms with van der Waals surface area (Å²) in [5, 5.41) is 13.8. The Hall–Kier alpha value is -2.73. The van der Waals surface area contributed by atoms with Crippen LogP contribution in [0.15, 0.2) is 53.1 Å². The van der Waals surface area contributed by atoms with E-state index in [1.807, 2.05) is 54.6 Å². The molecule has 0 aliphatic carbocycles. The van der Waals surface area contributed by atoms with Crippen LogP contribution in [-0.2, 0) is 0 Å². The number of fused-ring (bicyclic) bond motifs is 1. The highest BCUT2D eigenvalue weighted by Crippen LogP contribution is 2.22. The monoisotopic (exact) mass is 294 g/mol. The van der Waals surface area contributed by atoms with Gasteiger partial charge in [-0.05, 0) is 24.3 Å². The summed E-state index contributed by atoms with van der Waals surface area (Å²) in [5.74, 6) is 1.55. The summed E-state index contributed by atoms with van der Waals surface area (Å²) >= 11 is 1.48. The zero-order valence-electron chi connectivity index (χ0n) is 10.9. The van der Waals surface area contributed by atoms with Crippen LogP contribution in [0.4, 0.5) is 0 Å². The highest BCUT2D eigenvalue weighted by Gasteiger charge is 2.11. The zero-order valence-corrected chi connectivity index (χ0v) is 11.7. The molecule has 0 bridgehead atoms. The maximum atomic E-state index is 5.26. The molecule has 1 aromatic carbocycles. The van der Waals surface area contributed by atoms with Crippen molar-refractivity contribution >= 4 is 28.4 Å². The van der Waals surface area contributed by atoms with E-state index in [9.17, 15) is 0 Å². The van der Waals surface area contributed by atoms with Gasteiger partial charge in [0.15, 0.2) is 5.82 Å². The molecule has 0 amide bonds. The van der Waals surface area contributed by atoms with E-state index in [-0.39, 0.29) is 0 Å². The summed E-state index contributed by atoms with van der Waals surface area (Å²) in [7, 11) is 0. The molecule has 0 aliphatic rings. The van der Waals surface area contributed by atoms with E-state index in [0.717, 1.165) is 27.1 Å². The zero-order chi connectivity index (χ0) is 14.1. The maximum Gasteiger partial charge on any atom is 0.235 e. The first-order valence-corrected chi connectivity index (χ1v) is 7.21. The number of aromatic nitrogens is 4. The van der Waals surface area contributed by atoms with E-state index in [1.54, 1.807) is 10.8 Å². The van der Waals surface area contributed by atoms with Crippen molar-refractivity contribution in [3.05, 3.63) is 59.5 Å². The minimum atomic E-state index is 0.750. The first-order valence-electron chi connectivity index (χ1n) is 6.39. The van der Waals surface area contributed by atoms with Gasteiger partial charge in [-0.15, -0.1) is 10.2 Å². The molecule has 0 aliphatic heterocycles. The van der Waals surface area contributed by atoms with Gasteiger partial charge in [-0.2, -0.15) is 9.61 Å². The SMILES string of the molecule is C(=Cc1nn2c(-c3ccccc3)nnc2s1)c1ccco1. The molecule has 0 fully saturated rings. The van der Waals surface area contributed by atoms with Crippen molar-refractivity contribution in [3.8, 4) is 11.4 Å². The third-order valence-corrected chi connectivity index (χ3v) is 3.84. The van der Waals surface area contributed by atoms with E-state index >= 15 is 0 Å². The highest BCUT2D eigenvalue weighted by atomic mass is 32.1. The lowest BCUT2D eigenvalue weighted by molar-refractivity contribution is 0.557. The summed E-state index contributed by atoms with van der Waals surface area (Å²) in [6, 6.07) is 13.7. The number of hydrogen-bond donors (Lipinski definition) is 0. The van der Waals surface area contributed by atoms with Gasteiger partial charge >= 0.3 is 0 Å². The van der Waals surface area contributed by atoms with Gasteiger partial charge in [0.25, 0.3) is 0 Å². The molecule has 4 aromatic rings. The van der Waals surface area contributed by atoms with Gasteiger partial charge in [0.2, 0.25) is 4.96 Å². The van der Waals surface area contributed by atoms with Crippen LogP contribution < -0.4 is 0 Å². The second-order valence-corrected chi connectivity index (χ2v) is 5.36. The molecule has 0 spiro atoms. The van der Waals surface area contributed by atoms with Gasteiger partial charge in [-0.3, -0.25) is 0 Å². The molecule has 3 heterocycles. The number of hydrogen-bond acceptors (Lipinski definition) is 5. The van der Waals surface area contributed by atoms with Gasteiger partial charge in [-0.1, -0.05) is 41.7 Å². The topological polar surface area (TPSA) is 56.2 Å². The van der Waals surface area contributed by atoms with Crippen molar-refractivity contribution in [2.45, 2.75) is 0 Å². The minimum absolute atomic E-state index is 0.750. The molecule has 6 heteroatoms. The van der Waals surface area contributed by atoms with Crippen LogP contribution in [0.5, 0.6) is 0 Å². The minimum Gasteiger partial charge on any atom is -0.465 e. The molecule has 0 saturated carbocycles. The Bertz CT molecular complexity index is 890. The molecule has 5 nitrogen and oxygen atoms in total. The molecular formula is C15H10N4OS. The second kappa shape index (κ2) is 4.99. The third kappa shape index (κ3) is 2.25. The van der Waals surface area contributed by atoms with Crippen LogP contribution in [0.1, 0.15) is 10.8 Å². The molecular weight excluding hydrogens is 284 g/mol. The molecule has 3 aromatic heterocycles. The Morgan fingerprint density at radius 2 is 1.90 bits per heavy atom. The molecule has 0 unspecified atom stereocenters. The Labute approximate surface area is 124 Å². The van der Waals surface area contributed by atoms with E-state index in [1.165, 1.54) is 11.3 Å². The normalized spacial score (nSPS) is 11.6. The van der Waals surface area contributed by atoms with Gasteiger partial charge in [-0.25, -0.2) is 0 Å². The van der Waals surface area contributed by atoms with Gasteiger partial charge in [0.1, 0.15) is 10.8 Å². The first kappa shape index (κ1) is 12.0. The maximum absolute atomic E-state index is 5.26. The Morgan fingerprint density at radius 3 is 2.71 bits per heavy atom. The number of benzene rings is 1. The van der Waals surface area contributed by atoms with Gasteiger partial charge < -0.3 is 4.42 Å². The van der Waals surface area contributed by atoms with Crippen LogP contribution >= 0.6 is 11.3 Å². The lowest BCUT2D eigenvalue weighted by atomic mass is 10.2. The summed E-state index contributed by atoms with van der Waals surface area (Å²) in [6.45, 7) is 0. The van der Waals surface area contributed by atoms with Crippen LogP contribution in [0.3, 0.4) is 0 Å². The largest absolute Gasteiger partial charge is 0.465 e. The fourth-order valence-corrected chi connectivity index (χ4v) is 2.75. The summed E-state index contributed by atoms with van der Waals surface area (Å²) < 4.78 is 7.02. The molecule has 21 heavy (non-hydrogen) atoms. The quantitative estimate of drug-likeness (QED) is 0.579. The summed E-state index contributed by atoms with van der Waals surface area (Å²) in [6.07, 6.45) is 5.44. The Morgan fingerprint density at radius 1 is 1.00 bits per heavy atom. The lowest BCUT2D eigenvalue weighted by Gasteiger charge is -1.94. The van der Waals surface area contributed by atoms with Crippen molar-refractivity contribution in [1.29, 1.82) is 0 Å². The van der Waals surface area contributed by atoms with E-state index in [2.05, 4.69) is 15.3 Å². The average Bonchev–Trinajstić information content (AvgIpc) is 3.22. The summed E-state index contributed by atoms with van der Waals surface area (Å²) in [4.78, 5) is 0.771. The van der Waals surface area contributed by atoms with Crippen LogP contribution in [0.2, 0.25) is 0 Å². The lowest BCUT2D eigenvalue weighted by Crippen LogP contribution is -1.90. The van der Waals surface area contributed by atoms with Crippen molar-refractivity contribution in [1.82, 2.24) is 19.8 Å². The van der Waals surface area contributed by atoms with E-state index < -0.39 is 0 Å². The van der Waals surface area contributed by atoms with Crippen LogP contribution in [0.25, 0.3) is 28.5 Å². The van der Waals surface area contributed by atoms with Crippen molar-refractivity contribution in [3.63, 3.8) is 0 Å². The Balaban J connectivity index is 1.73. The van der Waals surface area contributed by atoms with Crippen LogP contribution in [-0.4, -0.2) is 19.8 Å². The van der Waals surface area contributed by atoms with Crippen molar-refractivity contribution in [2.24, 2.45) is 0 Å². The molecule has 0 N–H and O–H groups in total. The molecule has 0 atom stereocenters. The van der Waals surface area contributed by atoms with E-state index in [0.29, 0.717) is 0 Å². The summed E-state index contributed by atoms with van der Waals surface area (Å²) in [5.41, 5.74) is 0.997. The van der Waals surface area contributed by atoms with Gasteiger partial charge in [0, 0.05) is 5.56 Å². The third-order valence-electron chi connectivity index (χ3n) is 2.97. The fraction of sp³-hybridized carbons (Fsp3) is 0. The average molecular weight is 294 g/mol.